The van der Waals surface area contributed by atoms with Crippen molar-refractivity contribution in [3.8, 4) is 0 Å². The summed E-state index contributed by atoms with van der Waals surface area (Å²) in [5.41, 5.74) is 0. The molecule has 0 aliphatic carbocycles. The van der Waals surface area contributed by atoms with E-state index in [1.54, 1.807) is 0 Å². The lowest BCUT2D eigenvalue weighted by Crippen LogP contribution is -2.47. The minimum Gasteiger partial charge on any atom is -0.314 e. The summed E-state index contributed by atoms with van der Waals surface area (Å²) in [5, 5.41) is 3.32. The molecule has 5 N–H and O–H groups in total. The van der Waals surface area contributed by atoms with E-state index in [-0.39, 0.29) is 0 Å². The first-order valence-corrected chi connectivity index (χ1v) is 7.81. The van der Waals surface area contributed by atoms with Crippen molar-refractivity contribution in [1.29, 1.82) is 0 Å². The monoisotopic (exact) mass is 292 g/mol. The Hall–Kier alpha value is 0.180. The Balaban J connectivity index is 0.000000302. The number of likely N-dealkylation sites (N-methyl/N-ethyl adjacent to an activating group) is 1. The average molecular weight is 292 g/mol. The van der Waals surface area contributed by atoms with E-state index in [1.165, 1.54) is 6.54 Å². The van der Waals surface area contributed by atoms with Gasteiger partial charge in [-0.15, -0.1) is 0 Å². The molecular weight excluding hydrogens is 274 g/mol. The summed E-state index contributed by atoms with van der Waals surface area (Å²) < 4.78 is 22.2. The average Bonchev–Trinajstić information content (AvgIpc) is 2.04. The second-order valence-electron chi connectivity index (χ2n) is 3.60. The lowest BCUT2D eigenvalue weighted by molar-refractivity contribution is 0.215. The molecule has 0 amide bonds. The largest absolute Gasteiger partial charge is 0.478 e. The third kappa shape index (κ3) is 11.0. The normalized spacial score (nSPS) is 22.8. The highest BCUT2D eigenvalue weighted by Gasteiger charge is 2.27. The first-order valence-electron chi connectivity index (χ1n) is 4.74. The maximum absolute atomic E-state index is 9.63. The maximum atomic E-state index is 9.63. The molecule has 0 aromatic carbocycles. The van der Waals surface area contributed by atoms with Crippen LogP contribution in [0, 0.1) is 0 Å². The predicted molar refractivity (Wildman–Crippen MR) is 60.1 cm³/mol. The highest BCUT2D eigenvalue weighted by atomic mass is 31.3. The van der Waals surface area contributed by atoms with Gasteiger partial charge in [-0.05, 0) is 14.0 Å². The van der Waals surface area contributed by atoms with Crippen LogP contribution < -0.4 is 5.32 Å². The van der Waals surface area contributed by atoms with Crippen LogP contribution in [0.3, 0.4) is 0 Å². The van der Waals surface area contributed by atoms with Gasteiger partial charge < -0.3 is 29.8 Å². The molecule has 0 aromatic rings. The van der Waals surface area contributed by atoms with Gasteiger partial charge in [0.25, 0.3) is 0 Å². The van der Waals surface area contributed by atoms with Gasteiger partial charge in [-0.3, -0.25) is 0 Å². The fraction of sp³-hybridized carbons (Fsp3) is 1.00. The number of piperazine rings is 1. The van der Waals surface area contributed by atoms with E-state index in [0.29, 0.717) is 0 Å². The lowest BCUT2D eigenvalue weighted by Gasteiger charge is -2.29. The first-order chi connectivity index (χ1) is 7.51. The number of nitrogens with one attached hydrogen (secondary N) is 1. The number of phosphoric acid groups is 2. The molecule has 0 spiro atoms. The highest BCUT2D eigenvalue weighted by molar-refractivity contribution is 7.60. The molecule has 0 bridgehead atoms. The summed E-state index contributed by atoms with van der Waals surface area (Å²) >= 11 is 0. The summed E-state index contributed by atoms with van der Waals surface area (Å²) in [6, 6.07) is 0.726. The van der Waals surface area contributed by atoms with Crippen LogP contribution in [-0.4, -0.2) is 57.2 Å². The van der Waals surface area contributed by atoms with E-state index in [2.05, 4.69) is 28.5 Å². The van der Waals surface area contributed by atoms with E-state index in [0.717, 1.165) is 19.1 Å². The van der Waals surface area contributed by atoms with Crippen molar-refractivity contribution in [1.82, 2.24) is 10.2 Å². The van der Waals surface area contributed by atoms with Crippen LogP contribution in [0.25, 0.3) is 0 Å². The van der Waals surface area contributed by atoms with Crippen molar-refractivity contribution >= 4 is 15.6 Å². The Kier molecular flexibility index (Phi) is 7.01. The first kappa shape index (κ1) is 17.2. The van der Waals surface area contributed by atoms with Crippen LogP contribution >= 0.6 is 15.6 Å². The van der Waals surface area contributed by atoms with Gasteiger partial charge in [-0.2, -0.15) is 4.31 Å². The minimum atomic E-state index is -5.05. The minimum absolute atomic E-state index is 0.726. The third-order valence-corrected chi connectivity index (χ3v) is 3.75. The smallest absolute Gasteiger partial charge is 0.314 e. The van der Waals surface area contributed by atoms with E-state index in [9.17, 15) is 9.13 Å². The fourth-order valence-electron chi connectivity index (χ4n) is 1.08. The molecule has 104 valence electrons. The number of hydrogen-bond acceptors (Lipinski definition) is 5. The second-order valence-corrected chi connectivity index (χ2v) is 6.21. The van der Waals surface area contributed by atoms with E-state index >= 15 is 0 Å². The number of hydrogen-bond donors (Lipinski definition) is 5. The molecule has 0 radical (unpaired) electrons. The number of rotatable bonds is 2. The molecule has 1 aliphatic heterocycles. The summed E-state index contributed by atoms with van der Waals surface area (Å²) in [5.74, 6) is 0. The molecule has 1 rings (SSSR count). The Morgan fingerprint density at radius 3 is 1.88 bits per heavy atom. The van der Waals surface area contributed by atoms with Crippen LogP contribution in [0.15, 0.2) is 0 Å². The molecule has 1 saturated heterocycles. The van der Waals surface area contributed by atoms with Gasteiger partial charge in [-0.25, -0.2) is 9.13 Å². The topological polar surface area (TPSA) is 140 Å². The van der Waals surface area contributed by atoms with E-state index in [1.807, 2.05) is 0 Å². The van der Waals surface area contributed by atoms with Gasteiger partial charge >= 0.3 is 15.6 Å². The maximum Gasteiger partial charge on any atom is 0.478 e. The highest BCUT2D eigenvalue weighted by Crippen LogP contribution is 2.53. The quantitative estimate of drug-likeness (QED) is 0.409. The predicted octanol–water partition coefficient (Wildman–Crippen LogP) is -0.902. The standard InChI is InChI=1S/C6H14N2.H4O7P2/c1-6-5-7-3-4-8(6)2;1-8(2,3)7-9(4,5)6/h6-7H,3-5H2,1-2H3;(H2,1,2,3)(H2,4,5,6). The Labute approximate surface area is 99.3 Å². The van der Waals surface area contributed by atoms with Gasteiger partial charge in [0.1, 0.15) is 0 Å². The Morgan fingerprint density at radius 1 is 1.24 bits per heavy atom. The van der Waals surface area contributed by atoms with Crippen molar-refractivity contribution in [2.24, 2.45) is 0 Å². The molecule has 1 unspecified atom stereocenters. The van der Waals surface area contributed by atoms with Gasteiger partial charge in [0.2, 0.25) is 0 Å². The second kappa shape index (κ2) is 6.94. The van der Waals surface area contributed by atoms with Crippen LogP contribution in [0.5, 0.6) is 0 Å². The van der Waals surface area contributed by atoms with Gasteiger partial charge in [-0.1, -0.05) is 0 Å². The molecule has 9 nitrogen and oxygen atoms in total. The molecule has 0 aromatic heterocycles. The van der Waals surface area contributed by atoms with Crippen molar-refractivity contribution in [2.45, 2.75) is 13.0 Å². The Morgan fingerprint density at radius 2 is 1.71 bits per heavy atom. The molecule has 1 fully saturated rings. The molecule has 0 saturated carbocycles. The zero-order valence-electron chi connectivity index (χ0n) is 9.55. The van der Waals surface area contributed by atoms with Gasteiger partial charge in [0.15, 0.2) is 0 Å². The zero-order chi connectivity index (χ0) is 13.7. The molecule has 11 heteroatoms. The van der Waals surface area contributed by atoms with Gasteiger partial charge in [0, 0.05) is 25.7 Å². The lowest BCUT2D eigenvalue weighted by atomic mass is 10.2. The summed E-state index contributed by atoms with van der Waals surface area (Å²) in [7, 11) is -7.93. The van der Waals surface area contributed by atoms with Gasteiger partial charge in [0.05, 0.1) is 0 Å². The number of nitrogens with zero attached hydrogens (tertiary/aromatic N) is 1. The van der Waals surface area contributed by atoms with E-state index < -0.39 is 15.6 Å². The zero-order valence-corrected chi connectivity index (χ0v) is 11.3. The molecule has 17 heavy (non-hydrogen) atoms. The molecule has 1 atom stereocenters. The molecular formula is C6H18N2O7P2. The summed E-state index contributed by atoms with van der Waals surface area (Å²) in [6.45, 7) is 5.74. The van der Waals surface area contributed by atoms with Crippen molar-refractivity contribution in [2.75, 3.05) is 26.7 Å². The van der Waals surface area contributed by atoms with Crippen LogP contribution in [-0.2, 0) is 13.4 Å². The molecule has 1 heterocycles. The van der Waals surface area contributed by atoms with E-state index in [4.69, 9.17) is 19.6 Å². The van der Waals surface area contributed by atoms with Crippen LogP contribution in [0.1, 0.15) is 6.92 Å². The molecule has 1 aliphatic rings. The summed E-state index contributed by atoms with van der Waals surface area (Å²) in [4.78, 5) is 33.4. The SMILES string of the molecule is CC1CNCCN1C.O=P(O)(O)OP(=O)(O)O. The Bertz CT molecular complexity index is 283. The van der Waals surface area contributed by atoms with Crippen molar-refractivity contribution < 1.29 is 33.0 Å². The van der Waals surface area contributed by atoms with Crippen molar-refractivity contribution in [3.05, 3.63) is 0 Å². The third-order valence-electron chi connectivity index (χ3n) is 2.05. The summed E-state index contributed by atoms with van der Waals surface area (Å²) in [6.07, 6.45) is 0. The van der Waals surface area contributed by atoms with Crippen LogP contribution in [0.4, 0.5) is 0 Å². The fourth-order valence-corrected chi connectivity index (χ4v) is 2.19. The van der Waals surface area contributed by atoms with Crippen molar-refractivity contribution in [3.63, 3.8) is 0 Å². The van der Waals surface area contributed by atoms with Crippen LogP contribution in [0.2, 0.25) is 0 Å².